The zero-order valence-corrected chi connectivity index (χ0v) is 13.1. The number of pyridine rings is 1. The van der Waals surface area contributed by atoms with E-state index in [0.29, 0.717) is 25.5 Å². The number of alkyl halides is 3. The van der Waals surface area contributed by atoms with Gasteiger partial charge in [0.1, 0.15) is 17.7 Å². The highest BCUT2D eigenvalue weighted by molar-refractivity contribution is 5.42. The highest BCUT2D eigenvalue weighted by atomic mass is 19.4. The summed E-state index contributed by atoms with van der Waals surface area (Å²) in [5, 5.41) is 0. The van der Waals surface area contributed by atoms with Crippen LogP contribution in [0.15, 0.2) is 42.6 Å². The number of halogens is 3. The van der Waals surface area contributed by atoms with Crippen LogP contribution in [0.3, 0.4) is 0 Å². The van der Waals surface area contributed by atoms with Crippen molar-refractivity contribution in [3.8, 4) is 5.75 Å². The van der Waals surface area contributed by atoms with Crippen molar-refractivity contribution in [3.05, 3.63) is 53.7 Å². The van der Waals surface area contributed by atoms with Crippen LogP contribution in [0.2, 0.25) is 0 Å². The van der Waals surface area contributed by atoms with Crippen LogP contribution < -0.4 is 9.64 Å². The molecule has 2 aromatic rings. The summed E-state index contributed by atoms with van der Waals surface area (Å²) in [5.41, 5.74) is 2.26. The zero-order chi connectivity index (χ0) is 17.2. The molecule has 1 aromatic heterocycles. The van der Waals surface area contributed by atoms with Gasteiger partial charge < -0.3 is 14.4 Å². The molecule has 1 unspecified atom stereocenters. The first-order chi connectivity index (χ1) is 11.4. The minimum absolute atomic E-state index is 0.0900. The van der Waals surface area contributed by atoms with Gasteiger partial charge in [0.15, 0.2) is 0 Å². The lowest BCUT2D eigenvalue weighted by atomic mass is 10.0. The van der Waals surface area contributed by atoms with Crippen molar-refractivity contribution in [3.63, 3.8) is 0 Å². The maximum Gasteiger partial charge on any atom is 0.573 e. The second kappa shape index (κ2) is 6.68. The van der Waals surface area contributed by atoms with Crippen molar-refractivity contribution in [1.82, 2.24) is 4.98 Å². The molecule has 0 radical (unpaired) electrons. The fourth-order valence-electron chi connectivity index (χ4n) is 2.75. The third-order valence-corrected chi connectivity index (χ3v) is 3.88. The fourth-order valence-corrected chi connectivity index (χ4v) is 2.75. The molecule has 1 fully saturated rings. The van der Waals surface area contributed by atoms with E-state index in [1.165, 1.54) is 12.1 Å². The molecule has 0 bridgehead atoms. The van der Waals surface area contributed by atoms with E-state index in [1.807, 2.05) is 36.1 Å². The molecular weight excluding hydrogens is 321 g/mol. The van der Waals surface area contributed by atoms with Crippen molar-refractivity contribution in [1.29, 1.82) is 0 Å². The Hall–Kier alpha value is -2.28. The first-order valence-electron chi connectivity index (χ1n) is 7.56. The predicted octanol–water partition coefficient (Wildman–Crippen LogP) is 3.87. The SMILES string of the molecule is Cc1ccccc1C1CN(c2ccc(OC(F)(F)F)cn2)CCO1. The average molecular weight is 338 g/mol. The number of hydrogen-bond acceptors (Lipinski definition) is 4. The van der Waals surface area contributed by atoms with E-state index in [4.69, 9.17) is 4.74 Å². The van der Waals surface area contributed by atoms with Crippen molar-refractivity contribution in [2.75, 3.05) is 24.6 Å². The van der Waals surface area contributed by atoms with Gasteiger partial charge in [-0.3, -0.25) is 0 Å². The molecule has 1 aliphatic rings. The van der Waals surface area contributed by atoms with Crippen LogP contribution in [0.1, 0.15) is 17.2 Å². The summed E-state index contributed by atoms with van der Waals surface area (Å²) in [6.07, 6.45) is -3.72. The van der Waals surface area contributed by atoms with Gasteiger partial charge in [0.2, 0.25) is 0 Å². The number of morpholine rings is 1. The van der Waals surface area contributed by atoms with Crippen molar-refractivity contribution in [2.24, 2.45) is 0 Å². The molecule has 7 heteroatoms. The number of ether oxygens (including phenoxy) is 2. The Balaban J connectivity index is 1.72. The smallest absolute Gasteiger partial charge is 0.404 e. The largest absolute Gasteiger partial charge is 0.573 e. The molecule has 128 valence electrons. The maximum atomic E-state index is 12.2. The van der Waals surface area contributed by atoms with Crippen LogP contribution in [-0.2, 0) is 4.74 Å². The first kappa shape index (κ1) is 16.6. The molecule has 0 aliphatic carbocycles. The molecule has 1 atom stereocenters. The number of anilines is 1. The lowest BCUT2D eigenvalue weighted by Crippen LogP contribution is -2.39. The van der Waals surface area contributed by atoms with E-state index >= 15 is 0 Å². The van der Waals surface area contributed by atoms with Crippen LogP contribution in [-0.4, -0.2) is 31.0 Å². The second-order valence-corrected chi connectivity index (χ2v) is 5.56. The number of aryl methyl sites for hydroxylation is 1. The second-order valence-electron chi connectivity index (χ2n) is 5.56. The van der Waals surface area contributed by atoms with Crippen LogP contribution in [0.4, 0.5) is 19.0 Å². The Labute approximate surface area is 137 Å². The van der Waals surface area contributed by atoms with Gasteiger partial charge >= 0.3 is 6.36 Å². The number of hydrogen-bond donors (Lipinski definition) is 0. The van der Waals surface area contributed by atoms with Gasteiger partial charge in [0.05, 0.1) is 12.8 Å². The quantitative estimate of drug-likeness (QED) is 0.851. The summed E-state index contributed by atoms with van der Waals surface area (Å²) in [4.78, 5) is 6.08. The van der Waals surface area contributed by atoms with E-state index in [0.717, 1.165) is 17.3 Å². The Morgan fingerprint density at radius 2 is 2.00 bits per heavy atom. The van der Waals surface area contributed by atoms with Gasteiger partial charge in [-0.1, -0.05) is 24.3 Å². The zero-order valence-electron chi connectivity index (χ0n) is 13.1. The summed E-state index contributed by atoms with van der Waals surface area (Å²) in [5.74, 6) is 0.279. The van der Waals surface area contributed by atoms with Gasteiger partial charge in [0.25, 0.3) is 0 Å². The minimum atomic E-state index is -4.71. The summed E-state index contributed by atoms with van der Waals surface area (Å²) in [7, 11) is 0. The Morgan fingerprint density at radius 3 is 2.67 bits per heavy atom. The molecule has 0 saturated carbocycles. The van der Waals surface area contributed by atoms with Gasteiger partial charge in [-0.15, -0.1) is 13.2 Å². The molecule has 0 spiro atoms. The molecule has 24 heavy (non-hydrogen) atoms. The first-order valence-corrected chi connectivity index (χ1v) is 7.56. The molecule has 1 aliphatic heterocycles. The van der Waals surface area contributed by atoms with E-state index in [9.17, 15) is 13.2 Å². The van der Waals surface area contributed by atoms with Crippen molar-refractivity contribution >= 4 is 5.82 Å². The van der Waals surface area contributed by atoms with E-state index in [1.54, 1.807) is 0 Å². The number of nitrogens with zero attached hydrogens (tertiary/aromatic N) is 2. The highest BCUT2D eigenvalue weighted by Crippen LogP contribution is 2.28. The summed E-state index contributed by atoms with van der Waals surface area (Å²) < 4.78 is 46.3. The van der Waals surface area contributed by atoms with Crippen LogP contribution in [0, 0.1) is 6.92 Å². The van der Waals surface area contributed by atoms with Gasteiger partial charge in [0, 0.05) is 13.1 Å². The Bertz CT molecular complexity index is 689. The lowest BCUT2D eigenvalue weighted by molar-refractivity contribution is -0.274. The molecule has 3 rings (SSSR count). The highest BCUT2D eigenvalue weighted by Gasteiger charge is 2.31. The molecule has 4 nitrogen and oxygen atoms in total. The predicted molar refractivity (Wildman–Crippen MR) is 83.0 cm³/mol. The molecule has 1 saturated heterocycles. The third-order valence-electron chi connectivity index (χ3n) is 3.88. The van der Waals surface area contributed by atoms with Crippen molar-refractivity contribution in [2.45, 2.75) is 19.4 Å². The molecular formula is C17H17F3N2O2. The standard InChI is InChI=1S/C17H17F3N2O2/c1-12-4-2-3-5-14(12)15-11-22(8-9-23-15)16-7-6-13(10-21-16)24-17(18,19)20/h2-7,10,15H,8-9,11H2,1H3. The molecule has 2 heterocycles. The number of rotatable bonds is 3. The van der Waals surface area contributed by atoms with Crippen LogP contribution >= 0.6 is 0 Å². The maximum absolute atomic E-state index is 12.2. The Kier molecular flexibility index (Phi) is 4.62. The third kappa shape index (κ3) is 3.97. The van der Waals surface area contributed by atoms with Gasteiger partial charge in [-0.25, -0.2) is 4.98 Å². The summed E-state index contributed by atoms with van der Waals surface area (Å²) in [6.45, 7) is 3.78. The Morgan fingerprint density at radius 1 is 1.21 bits per heavy atom. The number of aromatic nitrogens is 1. The van der Waals surface area contributed by atoms with E-state index in [2.05, 4.69) is 9.72 Å². The summed E-state index contributed by atoms with van der Waals surface area (Å²) in [6, 6.07) is 10.8. The van der Waals surface area contributed by atoms with Crippen molar-refractivity contribution < 1.29 is 22.6 Å². The summed E-state index contributed by atoms with van der Waals surface area (Å²) >= 11 is 0. The van der Waals surface area contributed by atoms with Gasteiger partial charge in [-0.2, -0.15) is 0 Å². The molecule has 0 amide bonds. The lowest BCUT2D eigenvalue weighted by Gasteiger charge is -2.34. The topological polar surface area (TPSA) is 34.6 Å². The van der Waals surface area contributed by atoms with Gasteiger partial charge in [-0.05, 0) is 30.2 Å². The molecule has 1 aromatic carbocycles. The monoisotopic (exact) mass is 338 g/mol. The normalized spacial score (nSPS) is 18.5. The van der Waals surface area contributed by atoms with E-state index in [-0.39, 0.29) is 11.9 Å². The minimum Gasteiger partial charge on any atom is -0.404 e. The fraction of sp³-hybridized carbons (Fsp3) is 0.353. The number of benzene rings is 1. The molecule has 0 N–H and O–H groups in total. The van der Waals surface area contributed by atoms with Crippen LogP contribution in [0.25, 0.3) is 0 Å². The van der Waals surface area contributed by atoms with Crippen LogP contribution in [0.5, 0.6) is 5.75 Å². The van der Waals surface area contributed by atoms with E-state index < -0.39 is 6.36 Å². The average Bonchev–Trinajstić information content (AvgIpc) is 2.55.